The van der Waals surface area contributed by atoms with E-state index in [1.54, 1.807) is 0 Å². The van der Waals surface area contributed by atoms with Gasteiger partial charge in [0.2, 0.25) is 0 Å². The molecule has 3 rings (SSSR count). The highest BCUT2D eigenvalue weighted by Crippen LogP contribution is 2.28. The molecule has 0 aromatic heterocycles. The zero-order valence-corrected chi connectivity index (χ0v) is 22.0. The van der Waals surface area contributed by atoms with Crippen LogP contribution in [0.15, 0.2) is 24.3 Å². The van der Waals surface area contributed by atoms with E-state index in [2.05, 4.69) is 61.8 Å². The van der Waals surface area contributed by atoms with Crippen molar-refractivity contribution in [3.63, 3.8) is 0 Å². The molecule has 0 radical (unpaired) electrons. The molecule has 0 spiro atoms. The van der Waals surface area contributed by atoms with E-state index < -0.39 is 0 Å². The van der Waals surface area contributed by atoms with Gasteiger partial charge < -0.3 is 15.4 Å². The Hall–Kier alpha value is -1.26. The second-order valence-electron chi connectivity index (χ2n) is 11.6. The third-order valence-electron chi connectivity index (χ3n) is 7.51. The summed E-state index contributed by atoms with van der Waals surface area (Å²) in [6, 6.07) is 9.82. The van der Waals surface area contributed by atoms with E-state index in [0.717, 1.165) is 44.3 Å². The van der Waals surface area contributed by atoms with E-state index in [-0.39, 0.29) is 6.04 Å². The minimum Gasteiger partial charge on any atom is -0.493 e. The molecule has 1 aromatic rings. The predicted molar refractivity (Wildman–Crippen MR) is 142 cm³/mol. The van der Waals surface area contributed by atoms with E-state index in [9.17, 15) is 0 Å². The molecule has 2 atom stereocenters. The fraction of sp³-hybridized carbons (Fsp3) is 0.793. The highest BCUT2D eigenvalue weighted by molar-refractivity contribution is 5.50. The van der Waals surface area contributed by atoms with Crippen molar-refractivity contribution in [3.05, 3.63) is 24.3 Å². The molecule has 0 amide bonds. The Kier molecular flexibility index (Phi) is 10.8. The van der Waals surface area contributed by atoms with Crippen LogP contribution in [-0.2, 0) is 0 Å². The van der Waals surface area contributed by atoms with Crippen molar-refractivity contribution in [2.75, 3.05) is 37.7 Å². The van der Waals surface area contributed by atoms with Crippen LogP contribution in [0, 0.1) is 17.8 Å². The van der Waals surface area contributed by atoms with Crippen LogP contribution in [0.5, 0.6) is 5.75 Å². The molecular formula is C29H51N3O. The number of hydrogen-bond acceptors (Lipinski definition) is 4. The molecule has 2 N–H and O–H groups in total. The largest absolute Gasteiger partial charge is 0.493 e. The first-order chi connectivity index (χ1) is 15.9. The highest BCUT2D eigenvalue weighted by atomic mass is 16.5. The van der Waals surface area contributed by atoms with Gasteiger partial charge in [-0.15, -0.1) is 0 Å². The minimum atomic E-state index is 0.286. The van der Waals surface area contributed by atoms with Crippen molar-refractivity contribution in [2.45, 2.75) is 97.6 Å². The number of benzene rings is 1. The first-order valence-corrected chi connectivity index (χ1v) is 13.9. The molecule has 1 saturated carbocycles. The molecule has 1 aliphatic heterocycles. The molecule has 4 heteroatoms. The standard InChI is InChI=1S/C29H51N3O/c1-23(2)16-18-32(28-11-8-17-31(21-28)20-26(30)19-24(3)4)27-12-14-29(15-13-27)33-22-25-9-6-5-7-10-25/h12-15,23-26,28H,5-11,16-22,30H2,1-4H3/t26?,28-/m0/s1. The maximum atomic E-state index is 6.47. The molecule has 2 fully saturated rings. The predicted octanol–water partition coefficient (Wildman–Crippen LogP) is 6.34. The van der Waals surface area contributed by atoms with Gasteiger partial charge in [0, 0.05) is 37.4 Å². The van der Waals surface area contributed by atoms with Crippen molar-refractivity contribution in [3.8, 4) is 5.75 Å². The monoisotopic (exact) mass is 457 g/mol. The second-order valence-corrected chi connectivity index (χ2v) is 11.6. The van der Waals surface area contributed by atoms with Crippen LogP contribution in [0.1, 0.15) is 85.5 Å². The highest BCUT2D eigenvalue weighted by Gasteiger charge is 2.27. The lowest BCUT2D eigenvalue weighted by atomic mass is 9.90. The zero-order valence-electron chi connectivity index (χ0n) is 22.0. The molecule has 1 saturated heterocycles. The third kappa shape index (κ3) is 9.13. The first-order valence-electron chi connectivity index (χ1n) is 13.9. The zero-order chi connectivity index (χ0) is 23.6. The van der Waals surface area contributed by atoms with E-state index in [1.165, 1.54) is 63.6 Å². The molecule has 1 unspecified atom stereocenters. The van der Waals surface area contributed by atoms with Gasteiger partial charge in [0.05, 0.1) is 6.61 Å². The van der Waals surface area contributed by atoms with Crippen molar-refractivity contribution in [1.29, 1.82) is 0 Å². The Morgan fingerprint density at radius 1 is 0.970 bits per heavy atom. The number of hydrogen-bond donors (Lipinski definition) is 1. The summed E-state index contributed by atoms with van der Waals surface area (Å²) in [5, 5.41) is 0. The summed E-state index contributed by atoms with van der Waals surface area (Å²) >= 11 is 0. The molecule has 188 valence electrons. The number of ether oxygens (including phenoxy) is 1. The SMILES string of the molecule is CC(C)CCN(c1ccc(OCC2CCCCC2)cc1)[C@H]1CCCN(CC(N)CC(C)C)C1. The number of nitrogens with two attached hydrogens (primary N) is 1. The van der Waals surface area contributed by atoms with Crippen molar-refractivity contribution in [1.82, 2.24) is 4.90 Å². The number of rotatable bonds is 12. The van der Waals surface area contributed by atoms with E-state index in [1.807, 2.05) is 0 Å². The summed E-state index contributed by atoms with van der Waals surface area (Å²) in [4.78, 5) is 5.29. The molecule has 1 aromatic carbocycles. The van der Waals surface area contributed by atoms with Crippen LogP contribution in [0.25, 0.3) is 0 Å². The van der Waals surface area contributed by atoms with E-state index in [0.29, 0.717) is 17.9 Å². The van der Waals surface area contributed by atoms with Gasteiger partial charge in [-0.3, -0.25) is 4.90 Å². The number of anilines is 1. The number of nitrogens with zero attached hydrogens (tertiary/aromatic N) is 2. The Morgan fingerprint density at radius 2 is 1.70 bits per heavy atom. The lowest BCUT2D eigenvalue weighted by Crippen LogP contribution is -2.51. The van der Waals surface area contributed by atoms with Crippen LogP contribution in [0.3, 0.4) is 0 Å². The Labute approximate surface area is 204 Å². The van der Waals surface area contributed by atoms with Crippen molar-refractivity contribution in [2.24, 2.45) is 23.5 Å². The van der Waals surface area contributed by atoms with Crippen LogP contribution >= 0.6 is 0 Å². The average Bonchev–Trinajstić information content (AvgIpc) is 2.79. The first kappa shape index (κ1) is 26.3. The lowest BCUT2D eigenvalue weighted by Gasteiger charge is -2.42. The van der Waals surface area contributed by atoms with E-state index in [4.69, 9.17) is 10.5 Å². The Bertz CT molecular complexity index is 653. The van der Waals surface area contributed by atoms with Gasteiger partial charge in [-0.1, -0.05) is 47.0 Å². The van der Waals surface area contributed by atoms with E-state index >= 15 is 0 Å². The number of piperidine rings is 1. The van der Waals surface area contributed by atoms with Gasteiger partial charge in [-0.2, -0.15) is 0 Å². The average molecular weight is 458 g/mol. The quantitative estimate of drug-likeness (QED) is 0.398. The van der Waals surface area contributed by atoms with Gasteiger partial charge >= 0.3 is 0 Å². The fourth-order valence-corrected chi connectivity index (χ4v) is 5.68. The molecule has 2 aliphatic rings. The normalized spacial score (nSPS) is 21.5. The summed E-state index contributed by atoms with van der Waals surface area (Å²) in [5.41, 5.74) is 7.81. The van der Waals surface area contributed by atoms with Gasteiger partial charge in [-0.25, -0.2) is 0 Å². The molecule has 1 heterocycles. The molecular weight excluding hydrogens is 406 g/mol. The molecule has 0 bridgehead atoms. The van der Waals surface area contributed by atoms with Gasteiger partial charge in [-0.05, 0) is 87.1 Å². The maximum Gasteiger partial charge on any atom is 0.119 e. The summed E-state index contributed by atoms with van der Waals surface area (Å²) in [5.74, 6) is 3.15. The smallest absolute Gasteiger partial charge is 0.119 e. The number of likely N-dealkylation sites (tertiary alicyclic amines) is 1. The van der Waals surface area contributed by atoms with Crippen LogP contribution in [0.2, 0.25) is 0 Å². The van der Waals surface area contributed by atoms with Crippen LogP contribution < -0.4 is 15.4 Å². The maximum absolute atomic E-state index is 6.47. The second kappa shape index (κ2) is 13.6. The van der Waals surface area contributed by atoms with Crippen LogP contribution in [0.4, 0.5) is 5.69 Å². The topological polar surface area (TPSA) is 41.7 Å². The molecule has 1 aliphatic carbocycles. The minimum absolute atomic E-state index is 0.286. The Morgan fingerprint density at radius 3 is 2.36 bits per heavy atom. The summed E-state index contributed by atoms with van der Waals surface area (Å²) in [6.45, 7) is 14.6. The fourth-order valence-electron chi connectivity index (χ4n) is 5.68. The summed E-state index contributed by atoms with van der Waals surface area (Å²) in [6.07, 6.45) is 11.7. The third-order valence-corrected chi connectivity index (χ3v) is 7.51. The van der Waals surface area contributed by atoms with Gasteiger partial charge in [0.1, 0.15) is 5.75 Å². The van der Waals surface area contributed by atoms with Crippen molar-refractivity contribution < 1.29 is 4.74 Å². The van der Waals surface area contributed by atoms with Gasteiger partial charge in [0.15, 0.2) is 0 Å². The molecule has 33 heavy (non-hydrogen) atoms. The molecule has 4 nitrogen and oxygen atoms in total. The van der Waals surface area contributed by atoms with Crippen LogP contribution in [-0.4, -0.2) is 49.8 Å². The summed E-state index contributed by atoms with van der Waals surface area (Å²) < 4.78 is 6.18. The Balaban J connectivity index is 1.60. The van der Waals surface area contributed by atoms with Gasteiger partial charge in [0.25, 0.3) is 0 Å². The van der Waals surface area contributed by atoms with Crippen molar-refractivity contribution >= 4 is 5.69 Å². The summed E-state index contributed by atoms with van der Waals surface area (Å²) in [7, 11) is 0. The lowest BCUT2D eigenvalue weighted by molar-refractivity contribution is 0.187.